The Kier molecular flexibility index (Phi) is 4.77. The number of piperidine rings is 1. The summed E-state index contributed by atoms with van der Waals surface area (Å²) >= 11 is 0. The van der Waals surface area contributed by atoms with Crippen LogP contribution in [-0.4, -0.2) is 50.8 Å². The second kappa shape index (κ2) is 7.59. The van der Waals surface area contributed by atoms with Gasteiger partial charge in [-0.1, -0.05) is 24.3 Å². The van der Waals surface area contributed by atoms with Crippen molar-refractivity contribution >= 4 is 22.8 Å². The average molecular weight is 402 g/mol. The van der Waals surface area contributed by atoms with Crippen molar-refractivity contribution in [2.75, 3.05) is 19.6 Å². The molecule has 0 unspecified atom stereocenters. The molecule has 6 nitrogen and oxygen atoms in total. The first-order valence-corrected chi connectivity index (χ1v) is 10.7. The molecule has 2 aromatic heterocycles. The summed E-state index contributed by atoms with van der Waals surface area (Å²) in [5.41, 5.74) is 3.90. The number of aryl methyl sites for hydroxylation is 1. The molecule has 0 aliphatic carbocycles. The van der Waals surface area contributed by atoms with Crippen LogP contribution in [0.5, 0.6) is 0 Å². The highest BCUT2D eigenvalue weighted by atomic mass is 16.2. The molecule has 2 amide bonds. The van der Waals surface area contributed by atoms with Gasteiger partial charge in [0.15, 0.2) is 0 Å². The maximum Gasteiger partial charge on any atom is 0.272 e. The molecular formula is C24H26N4O2. The molecule has 1 aromatic carbocycles. The number of carbonyl (C=O) groups is 2. The number of pyridine rings is 1. The molecule has 2 aliphatic rings. The first kappa shape index (κ1) is 18.9. The molecule has 4 heterocycles. The standard InChI is InChI=1S/C24H26N4O2/c1-26-12-8-18-6-7-21(25-22(18)26)24(30)27-13-10-19(11-14-27)23(29)28-15-9-17-4-2-3-5-20(17)16-28/h2-8,12,19H,9-11,13-16H2,1H3. The Labute approximate surface area is 176 Å². The Morgan fingerprint density at radius 1 is 0.933 bits per heavy atom. The van der Waals surface area contributed by atoms with Crippen LogP contribution in [0.4, 0.5) is 0 Å². The Balaban J connectivity index is 1.22. The van der Waals surface area contributed by atoms with Gasteiger partial charge in [0.25, 0.3) is 5.91 Å². The van der Waals surface area contributed by atoms with Gasteiger partial charge in [0.2, 0.25) is 5.91 Å². The van der Waals surface area contributed by atoms with E-state index in [4.69, 9.17) is 0 Å². The number of nitrogens with zero attached hydrogens (tertiary/aromatic N) is 4. The van der Waals surface area contributed by atoms with Gasteiger partial charge in [-0.2, -0.15) is 0 Å². The van der Waals surface area contributed by atoms with E-state index in [9.17, 15) is 9.59 Å². The fourth-order valence-corrected chi connectivity index (χ4v) is 4.69. The molecule has 0 N–H and O–H groups in total. The minimum Gasteiger partial charge on any atom is -0.338 e. The first-order chi connectivity index (χ1) is 14.6. The van der Waals surface area contributed by atoms with Crippen LogP contribution < -0.4 is 0 Å². The van der Waals surface area contributed by atoms with E-state index in [1.54, 1.807) is 6.07 Å². The molecule has 0 bridgehead atoms. The van der Waals surface area contributed by atoms with Crippen molar-refractivity contribution in [1.29, 1.82) is 0 Å². The van der Waals surface area contributed by atoms with Crippen molar-refractivity contribution in [3.8, 4) is 0 Å². The number of fused-ring (bicyclic) bond motifs is 2. The number of benzene rings is 1. The van der Waals surface area contributed by atoms with Gasteiger partial charge < -0.3 is 14.4 Å². The fraction of sp³-hybridized carbons (Fsp3) is 0.375. The second-order valence-electron chi connectivity index (χ2n) is 8.38. The Hall–Kier alpha value is -3.15. The van der Waals surface area contributed by atoms with E-state index >= 15 is 0 Å². The molecule has 1 saturated heterocycles. The molecule has 0 radical (unpaired) electrons. The van der Waals surface area contributed by atoms with Crippen LogP contribution in [0, 0.1) is 5.92 Å². The van der Waals surface area contributed by atoms with E-state index in [0.717, 1.165) is 36.8 Å². The van der Waals surface area contributed by atoms with Crippen LogP contribution in [-0.2, 0) is 24.8 Å². The lowest BCUT2D eigenvalue weighted by Gasteiger charge is -2.36. The Morgan fingerprint density at radius 3 is 2.50 bits per heavy atom. The van der Waals surface area contributed by atoms with Gasteiger partial charge in [-0.05, 0) is 48.6 Å². The third kappa shape index (κ3) is 3.36. The number of hydrogen-bond acceptors (Lipinski definition) is 3. The molecule has 5 rings (SSSR count). The average Bonchev–Trinajstić information content (AvgIpc) is 3.18. The SMILES string of the molecule is Cn1ccc2ccc(C(=O)N3CCC(C(=O)N4CCc5ccccc5C4)CC3)nc21. The monoisotopic (exact) mass is 402 g/mol. The van der Waals surface area contributed by atoms with Gasteiger partial charge in [0.05, 0.1) is 0 Å². The zero-order valence-electron chi connectivity index (χ0n) is 17.3. The predicted octanol–water partition coefficient (Wildman–Crippen LogP) is 3.01. The van der Waals surface area contributed by atoms with Crippen LogP contribution in [0.15, 0.2) is 48.7 Å². The quantitative estimate of drug-likeness (QED) is 0.662. The van der Waals surface area contributed by atoms with Gasteiger partial charge in [0.1, 0.15) is 11.3 Å². The number of aromatic nitrogens is 2. The summed E-state index contributed by atoms with van der Waals surface area (Å²) in [5, 5.41) is 1.03. The lowest BCUT2D eigenvalue weighted by molar-refractivity contribution is -0.137. The summed E-state index contributed by atoms with van der Waals surface area (Å²) in [6.07, 6.45) is 4.30. The van der Waals surface area contributed by atoms with Crippen molar-refractivity contribution in [3.63, 3.8) is 0 Å². The van der Waals surface area contributed by atoms with Crippen LogP contribution in [0.2, 0.25) is 0 Å². The van der Waals surface area contributed by atoms with Gasteiger partial charge in [-0.25, -0.2) is 4.98 Å². The van der Waals surface area contributed by atoms with Crippen LogP contribution >= 0.6 is 0 Å². The number of amides is 2. The first-order valence-electron chi connectivity index (χ1n) is 10.7. The summed E-state index contributed by atoms with van der Waals surface area (Å²) in [5.74, 6) is 0.193. The van der Waals surface area contributed by atoms with Gasteiger partial charge in [-0.3, -0.25) is 9.59 Å². The predicted molar refractivity (Wildman–Crippen MR) is 115 cm³/mol. The lowest BCUT2D eigenvalue weighted by atomic mass is 9.93. The number of hydrogen-bond donors (Lipinski definition) is 0. The van der Waals surface area contributed by atoms with Gasteiger partial charge in [0, 0.05) is 50.7 Å². The van der Waals surface area contributed by atoms with E-state index in [1.165, 1.54) is 11.1 Å². The maximum atomic E-state index is 13.1. The zero-order valence-corrected chi connectivity index (χ0v) is 17.3. The normalized spacial score (nSPS) is 17.2. The highest BCUT2D eigenvalue weighted by Crippen LogP contribution is 2.25. The maximum absolute atomic E-state index is 13.1. The molecule has 0 saturated carbocycles. The minimum atomic E-state index is -0.0455. The Morgan fingerprint density at radius 2 is 1.70 bits per heavy atom. The van der Waals surface area contributed by atoms with E-state index in [1.807, 2.05) is 45.8 Å². The molecule has 3 aromatic rings. The summed E-state index contributed by atoms with van der Waals surface area (Å²) in [6, 6.07) is 14.1. The highest BCUT2D eigenvalue weighted by Gasteiger charge is 2.32. The summed E-state index contributed by atoms with van der Waals surface area (Å²) in [7, 11) is 1.93. The molecule has 30 heavy (non-hydrogen) atoms. The van der Waals surface area contributed by atoms with Crippen molar-refractivity contribution in [2.24, 2.45) is 13.0 Å². The summed E-state index contributed by atoms with van der Waals surface area (Å²) in [6.45, 7) is 2.70. The molecule has 154 valence electrons. The molecule has 0 spiro atoms. The number of carbonyl (C=O) groups excluding carboxylic acids is 2. The lowest BCUT2D eigenvalue weighted by Crippen LogP contribution is -2.45. The van der Waals surface area contributed by atoms with Crippen molar-refractivity contribution in [1.82, 2.24) is 19.4 Å². The summed E-state index contributed by atoms with van der Waals surface area (Å²) in [4.78, 5) is 34.4. The number of rotatable bonds is 2. The molecule has 1 fully saturated rings. The molecular weight excluding hydrogens is 376 g/mol. The minimum absolute atomic E-state index is 0.00243. The van der Waals surface area contributed by atoms with E-state index in [-0.39, 0.29) is 17.7 Å². The van der Waals surface area contributed by atoms with Crippen molar-refractivity contribution in [3.05, 3.63) is 65.5 Å². The van der Waals surface area contributed by atoms with E-state index in [2.05, 4.69) is 23.2 Å². The van der Waals surface area contributed by atoms with Gasteiger partial charge in [-0.15, -0.1) is 0 Å². The largest absolute Gasteiger partial charge is 0.338 e. The Bertz CT molecular complexity index is 1110. The summed E-state index contributed by atoms with van der Waals surface area (Å²) < 4.78 is 1.92. The fourth-order valence-electron chi connectivity index (χ4n) is 4.69. The zero-order chi connectivity index (χ0) is 20.7. The smallest absolute Gasteiger partial charge is 0.272 e. The second-order valence-corrected chi connectivity index (χ2v) is 8.38. The number of likely N-dealkylation sites (tertiary alicyclic amines) is 1. The highest BCUT2D eigenvalue weighted by molar-refractivity contribution is 5.94. The van der Waals surface area contributed by atoms with Crippen LogP contribution in [0.1, 0.15) is 34.5 Å². The third-order valence-electron chi connectivity index (χ3n) is 6.51. The molecule has 6 heteroatoms. The van der Waals surface area contributed by atoms with Gasteiger partial charge >= 0.3 is 0 Å². The topological polar surface area (TPSA) is 58.4 Å². The van der Waals surface area contributed by atoms with Crippen molar-refractivity contribution < 1.29 is 9.59 Å². The van der Waals surface area contributed by atoms with Crippen LogP contribution in [0.3, 0.4) is 0 Å². The molecule has 0 atom stereocenters. The van der Waals surface area contributed by atoms with E-state index in [0.29, 0.717) is 25.3 Å². The molecule has 2 aliphatic heterocycles. The third-order valence-corrected chi connectivity index (χ3v) is 6.51. The van der Waals surface area contributed by atoms with Crippen molar-refractivity contribution in [2.45, 2.75) is 25.8 Å². The van der Waals surface area contributed by atoms with Crippen LogP contribution in [0.25, 0.3) is 11.0 Å². The van der Waals surface area contributed by atoms with E-state index < -0.39 is 0 Å².